The lowest BCUT2D eigenvalue weighted by molar-refractivity contribution is -0.130. The molecular formula is C19H23N5O4S. The van der Waals surface area contributed by atoms with Gasteiger partial charge in [0, 0.05) is 31.6 Å². The number of nitrogens with zero attached hydrogens (tertiary/aromatic N) is 4. The number of nitrogens with one attached hydrogen (secondary N) is 1. The number of fused-ring (bicyclic) bond motifs is 1. The van der Waals surface area contributed by atoms with E-state index in [1.807, 2.05) is 24.3 Å². The number of aromatic amines is 1. The molecule has 4 rings (SSSR count). The van der Waals surface area contributed by atoms with Crippen LogP contribution in [0, 0.1) is 13.8 Å². The minimum atomic E-state index is -3.66. The largest absolute Gasteiger partial charge is 0.356 e. The second-order valence-electron chi connectivity index (χ2n) is 7.20. The fraction of sp³-hybridized carbons (Fsp3) is 0.421. The van der Waals surface area contributed by atoms with E-state index < -0.39 is 10.0 Å². The third kappa shape index (κ3) is 3.65. The van der Waals surface area contributed by atoms with E-state index in [-0.39, 0.29) is 23.8 Å². The fourth-order valence-corrected chi connectivity index (χ4v) is 5.56. The second-order valence-corrected chi connectivity index (χ2v) is 9.08. The first-order valence-corrected chi connectivity index (χ1v) is 10.9. The van der Waals surface area contributed by atoms with Crippen LogP contribution in [0.1, 0.15) is 23.5 Å². The number of sulfonamides is 1. The third-order valence-electron chi connectivity index (χ3n) is 5.24. The van der Waals surface area contributed by atoms with Crippen LogP contribution in [0.5, 0.6) is 0 Å². The summed E-state index contributed by atoms with van der Waals surface area (Å²) >= 11 is 0. The average molecular weight is 417 g/mol. The van der Waals surface area contributed by atoms with Crippen molar-refractivity contribution in [3.05, 3.63) is 41.3 Å². The minimum Gasteiger partial charge on any atom is -0.356 e. The first-order valence-electron chi connectivity index (χ1n) is 9.50. The zero-order valence-corrected chi connectivity index (χ0v) is 17.2. The quantitative estimate of drug-likeness (QED) is 0.690. The van der Waals surface area contributed by atoms with Crippen molar-refractivity contribution in [2.75, 3.05) is 26.2 Å². The molecule has 10 heteroatoms. The van der Waals surface area contributed by atoms with Crippen LogP contribution in [0.25, 0.3) is 11.0 Å². The van der Waals surface area contributed by atoms with E-state index in [1.54, 1.807) is 18.7 Å². The summed E-state index contributed by atoms with van der Waals surface area (Å²) in [7, 11) is -3.66. The van der Waals surface area contributed by atoms with Crippen LogP contribution < -0.4 is 0 Å². The van der Waals surface area contributed by atoms with E-state index in [0.29, 0.717) is 48.7 Å². The molecule has 2 aromatic heterocycles. The van der Waals surface area contributed by atoms with Crippen LogP contribution in [-0.2, 0) is 21.2 Å². The van der Waals surface area contributed by atoms with Gasteiger partial charge in [0.05, 0.1) is 17.8 Å². The van der Waals surface area contributed by atoms with Gasteiger partial charge in [0.25, 0.3) is 0 Å². The molecule has 3 aromatic rings. The van der Waals surface area contributed by atoms with Crippen molar-refractivity contribution >= 4 is 26.9 Å². The average Bonchev–Trinajstić information content (AvgIpc) is 3.14. The van der Waals surface area contributed by atoms with Crippen molar-refractivity contribution in [3.63, 3.8) is 0 Å². The Morgan fingerprint density at radius 2 is 1.97 bits per heavy atom. The number of aryl methyl sites for hydroxylation is 2. The molecule has 1 aliphatic heterocycles. The van der Waals surface area contributed by atoms with Gasteiger partial charge < -0.3 is 9.42 Å². The first kappa shape index (κ1) is 19.6. The van der Waals surface area contributed by atoms with E-state index in [1.165, 1.54) is 4.31 Å². The molecule has 3 heterocycles. The first-order chi connectivity index (χ1) is 13.9. The summed E-state index contributed by atoms with van der Waals surface area (Å²) in [5.74, 6) is -0.0843. The molecule has 1 amide bonds. The lowest BCUT2D eigenvalue weighted by atomic mass is 10.1. The van der Waals surface area contributed by atoms with Gasteiger partial charge in [-0.2, -0.15) is 9.40 Å². The number of H-pyrrole nitrogens is 1. The molecular weight excluding hydrogens is 394 g/mol. The number of carbonyl (C=O) groups is 1. The second kappa shape index (κ2) is 7.60. The van der Waals surface area contributed by atoms with Gasteiger partial charge in [0.2, 0.25) is 15.9 Å². The molecule has 0 spiro atoms. The van der Waals surface area contributed by atoms with E-state index in [2.05, 4.69) is 15.4 Å². The number of benzene rings is 1. The van der Waals surface area contributed by atoms with Gasteiger partial charge in [-0.05, 0) is 32.4 Å². The molecule has 1 aliphatic rings. The van der Waals surface area contributed by atoms with Crippen LogP contribution in [0.3, 0.4) is 0 Å². The smallest absolute Gasteiger partial charge is 0.246 e. The van der Waals surface area contributed by atoms with Gasteiger partial charge in [-0.25, -0.2) is 8.42 Å². The van der Waals surface area contributed by atoms with E-state index in [9.17, 15) is 13.2 Å². The SMILES string of the molecule is Cc1n[nH]c(C)c1S(=O)(=O)N1CCCN(C(=O)Cc2noc3ccccc23)CC1. The number of hydrogen-bond acceptors (Lipinski definition) is 6. The molecule has 9 nitrogen and oxygen atoms in total. The fourth-order valence-electron chi connectivity index (χ4n) is 3.75. The number of aromatic nitrogens is 3. The minimum absolute atomic E-state index is 0.0843. The molecule has 0 unspecified atom stereocenters. The Morgan fingerprint density at radius 1 is 1.17 bits per heavy atom. The van der Waals surface area contributed by atoms with Crippen LogP contribution in [0.4, 0.5) is 0 Å². The highest BCUT2D eigenvalue weighted by molar-refractivity contribution is 7.89. The lowest BCUT2D eigenvalue weighted by Gasteiger charge is -2.22. The molecule has 0 bridgehead atoms. The van der Waals surface area contributed by atoms with Crippen molar-refractivity contribution in [2.45, 2.75) is 31.6 Å². The lowest BCUT2D eigenvalue weighted by Crippen LogP contribution is -2.38. The van der Waals surface area contributed by atoms with Crippen LogP contribution in [-0.4, -0.2) is 65.1 Å². The molecule has 154 valence electrons. The van der Waals surface area contributed by atoms with Gasteiger partial charge in [-0.15, -0.1) is 0 Å². The van der Waals surface area contributed by atoms with Crippen LogP contribution in [0.2, 0.25) is 0 Å². The van der Waals surface area contributed by atoms with Gasteiger partial charge in [0.15, 0.2) is 5.58 Å². The zero-order valence-electron chi connectivity index (χ0n) is 16.4. The number of carbonyl (C=O) groups excluding carboxylic acids is 1. The Kier molecular flexibility index (Phi) is 5.13. The summed E-state index contributed by atoms with van der Waals surface area (Å²) in [6.45, 7) is 4.82. The van der Waals surface area contributed by atoms with Gasteiger partial charge >= 0.3 is 0 Å². The molecule has 0 aliphatic carbocycles. The molecule has 1 N–H and O–H groups in total. The van der Waals surface area contributed by atoms with Crippen LogP contribution in [0.15, 0.2) is 33.7 Å². The summed E-state index contributed by atoms with van der Waals surface area (Å²) in [6, 6.07) is 7.42. The van der Waals surface area contributed by atoms with E-state index in [0.717, 1.165) is 5.39 Å². The summed E-state index contributed by atoms with van der Waals surface area (Å²) in [4.78, 5) is 14.7. The Labute approximate surface area is 168 Å². The maximum absolute atomic E-state index is 13.1. The number of amides is 1. The maximum Gasteiger partial charge on any atom is 0.246 e. The molecule has 1 saturated heterocycles. The Balaban J connectivity index is 1.47. The van der Waals surface area contributed by atoms with Crippen molar-refractivity contribution < 1.29 is 17.7 Å². The third-order valence-corrected chi connectivity index (χ3v) is 7.40. The number of rotatable bonds is 4. The van der Waals surface area contributed by atoms with Crippen LogP contribution >= 0.6 is 0 Å². The van der Waals surface area contributed by atoms with Crippen molar-refractivity contribution in [3.8, 4) is 0 Å². The Bertz CT molecular complexity index is 1130. The summed E-state index contributed by atoms with van der Waals surface area (Å²) in [5, 5.41) is 11.6. The highest BCUT2D eigenvalue weighted by Crippen LogP contribution is 2.23. The predicted molar refractivity (Wildman–Crippen MR) is 106 cm³/mol. The summed E-state index contributed by atoms with van der Waals surface area (Å²) < 4.78 is 32.8. The summed E-state index contributed by atoms with van der Waals surface area (Å²) in [5.41, 5.74) is 2.23. The highest BCUT2D eigenvalue weighted by Gasteiger charge is 2.32. The normalized spacial score (nSPS) is 16.3. The molecule has 1 aromatic carbocycles. The number of para-hydroxylation sites is 1. The molecule has 0 atom stereocenters. The number of hydrogen-bond donors (Lipinski definition) is 1. The zero-order chi connectivity index (χ0) is 20.6. The maximum atomic E-state index is 13.1. The summed E-state index contributed by atoms with van der Waals surface area (Å²) in [6.07, 6.45) is 0.699. The topological polar surface area (TPSA) is 112 Å². The standard InChI is InChI=1S/C19H23N5O4S/c1-13-19(14(2)21-20-13)29(26,27)24-9-5-8-23(10-11-24)18(25)12-16-15-6-3-4-7-17(15)28-22-16/h3-4,6-7H,5,8-12H2,1-2H3,(H,20,21). The predicted octanol–water partition coefficient (Wildman–Crippen LogP) is 1.63. The van der Waals surface area contributed by atoms with E-state index >= 15 is 0 Å². The van der Waals surface area contributed by atoms with Gasteiger partial charge in [-0.1, -0.05) is 17.3 Å². The highest BCUT2D eigenvalue weighted by atomic mass is 32.2. The van der Waals surface area contributed by atoms with Crippen molar-refractivity contribution in [2.24, 2.45) is 0 Å². The Hall–Kier alpha value is -2.72. The van der Waals surface area contributed by atoms with Gasteiger partial charge in [0.1, 0.15) is 10.6 Å². The van der Waals surface area contributed by atoms with Gasteiger partial charge in [-0.3, -0.25) is 9.89 Å². The molecule has 0 saturated carbocycles. The molecule has 29 heavy (non-hydrogen) atoms. The monoisotopic (exact) mass is 417 g/mol. The molecule has 1 fully saturated rings. The molecule has 0 radical (unpaired) electrons. The van der Waals surface area contributed by atoms with Crippen molar-refractivity contribution in [1.29, 1.82) is 0 Å². The van der Waals surface area contributed by atoms with Crippen molar-refractivity contribution in [1.82, 2.24) is 24.6 Å². The van der Waals surface area contributed by atoms with E-state index in [4.69, 9.17) is 4.52 Å². The Morgan fingerprint density at radius 3 is 2.72 bits per heavy atom.